The first kappa shape index (κ1) is 13.5. The van der Waals surface area contributed by atoms with E-state index in [0.29, 0.717) is 6.54 Å². The topological polar surface area (TPSA) is 60.6 Å². The van der Waals surface area contributed by atoms with Gasteiger partial charge in [0, 0.05) is 31.2 Å². The van der Waals surface area contributed by atoms with Gasteiger partial charge in [-0.1, -0.05) is 12.1 Å². The quantitative estimate of drug-likeness (QED) is 0.776. The van der Waals surface area contributed by atoms with E-state index in [1.165, 1.54) is 5.56 Å². The first-order valence-corrected chi connectivity index (χ1v) is 6.88. The molecular formula is C15H18N6. The van der Waals surface area contributed by atoms with Crippen molar-refractivity contribution in [2.24, 2.45) is 7.05 Å². The Morgan fingerprint density at radius 2 is 2.24 bits per heavy atom. The summed E-state index contributed by atoms with van der Waals surface area (Å²) in [7, 11) is 1.90. The van der Waals surface area contributed by atoms with Crippen LogP contribution in [0.1, 0.15) is 24.4 Å². The van der Waals surface area contributed by atoms with Crippen molar-refractivity contribution in [3.63, 3.8) is 0 Å². The van der Waals surface area contributed by atoms with Gasteiger partial charge in [0.15, 0.2) is 0 Å². The lowest BCUT2D eigenvalue weighted by Crippen LogP contribution is -2.20. The predicted octanol–water partition coefficient (Wildman–Crippen LogP) is 1.85. The third-order valence-electron chi connectivity index (χ3n) is 3.54. The van der Waals surface area contributed by atoms with Crippen LogP contribution >= 0.6 is 0 Å². The molecule has 108 valence electrons. The second kappa shape index (κ2) is 5.88. The van der Waals surface area contributed by atoms with Crippen LogP contribution in [0.2, 0.25) is 0 Å². The third kappa shape index (κ3) is 3.00. The minimum Gasteiger partial charge on any atom is -0.306 e. The summed E-state index contributed by atoms with van der Waals surface area (Å²) in [6.07, 6.45) is 7.09. The molecule has 0 fully saturated rings. The van der Waals surface area contributed by atoms with Gasteiger partial charge in [-0.05, 0) is 24.6 Å². The molecule has 0 spiro atoms. The molecule has 0 unspecified atom stereocenters. The second-order valence-corrected chi connectivity index (χ2v) is 4.97. The zero-order chi connectivity index (χ0) is 14.7. The highest BCUT2D eigenvalue weighted by atomic mass is 15.3. The fourth-order valence-corrected chi connectivity index (χ4v) is 2.21. The number of rotatable bonds is 5. The Hall–Kier alpha value is -2.47. The Morgan fingerprint density at radius 3 is 2.95 bits per heavy atom. The minimum absolute atomic E-state index is 0.227. The molecule has 6 heteroatoms. The van der Waals surface area contributed by atoms with E-state index in [9.17, 15) is 0 Å². The summed E-state index contributed by atoms with van der Waals surface area (Å²) < 4.78 is 3.78. The maximum atomic E-state index is 4.22. The molecule has 1 N–H and O–H groups in total. The van der Waals surface area contributed by atoms with E-state index in [-0.39, 0.29) is 6.04 Å². The highest BCUT2D eigenvalue weighted by Gasteiger charge is 2.08. The van der Waals surface area contributed by atoms with Gasteiger partial charge in [0.05, 0.1) is 12.9 Å². The lowest BCUT2D eigenvalue weighted by atomic mass is 10.1. The van der Waals surface area contributed by atoms with E-state index >= 15 is 0 Å². The first-order chi connectivity index (χ1) is 10.2. The van der Waals surface area contributed by atoms with Crippen molar-refractivity contribution in [1.82, 2.24) is 29.6 Å². The minimum atomic E-state index is 0.227. The summed E-state index contributed by atoms with van der Waals surface area (Å²) in [4.78, 5) is 8.30. The van der Waals surface area contributed by atoms with Gasteiger partial charge in [0.25, 0.3) is 0 Å². The van der Waals surface area contributed by atoms with Gasteiger partial charge in [-0.15, -0.1) is 0 Å². The number of benzene rings is 1. The standard InChI is InChI=1S/C15H18N6/c1-12(17-9-15-18-10-19-20(15)2)13-4-3-5-14(8-13)21-7-6-16-11-21/h3-8,10-12,17H,9H2,1-2H3/t12-/m1/s1. The van der Waals surface area contributed by atoms with Crippen LogP contribution in [0.25, 0.3) is 5.69 Å². The van der Waals surface area contributed by atoms with Crippen LogP contribution in [-0.2, 0) is 13.6 Å². The zero-order valence-corrected chi connectivity index (χ0v) is 12.1. The molecule has 1 aromatic carbocycles. The normalized spacial score (nSPS) is 12.5. The smallest absolute Gasteiger partial charge is 0.140 e. The largest absolute Gasteiger partial charge is 0.306 e. The van der Waals surface area contributed by atoms with Gasteiger partial charge < -0.3 is 9.88 Å². The molecule has 3 aromatic rings. The van der Waals surface area contributed by atoms with Crippen LogP contribution in [0.5, 0.6) is 0 Å². The molecule has 2 heterocycles. The number of aromatic nitrogens is 5. The monoisotopic (exact) mass is 282 g/mol. The number of imidazole rings is 1. The van der Waals surface area contributed by atoms with Crippen molar-refractivity contribution in [3.05, 3.63) is 60.7 Å². The highest BCUT2D eigenvalue weighted by molar-refractivity contribution is 5.37. The number of aryl methyl sites for hydroxylation is 1. The summed E-state index contributed by atoms with van der Waals surface area (Å²) >= 11 is 0. The van der Waals surface area contributed by atoms with Crippen molar-refractivity contribution in [1.29, 1.82) is 0 Å². The summed E-state index contributed by atoms with van der Waals surface area (Å²) in [5.41, 5.74) is 2.33. The van der Waals surface area contributed by atoms with Crippen LogP contribution in [0.15, 0.2) is 49.3 Å². The maximum absolute atomic E-state index is 4.22. The van der Waals surface area contributed by atoms with E-state index in [0.717, 1.165) is 11.5 Å². The number of nitrogens with zero attached hydrogens (tertiary/aromatic N) is 5. The average Bonchev–Trinajstić information content (AvgIpc) is 3.16. The van der Waals surface area contributed by atoms with E-state index in [2.05, 4.69) is 51.6 Å². The van der Waals surface area contributed by atoms with Crippen LogP contribution < -0.4 is 5.32 Å². The van der Waals surface area contributed by atoms with Crippen molar-refractivity contribution in [2.75, 3.05) is 0 Å². The average molecular weight is 282 g/mol. The maximum Gasteiger partial charge on any atom is 0.140 e. The SMILES string of the molecule is C[C@@H](NCc1ncnn1C)c1cccc(-n2ccnc2)c1. The fourth-order valence-electron chi connectivity index (χ4n) is 2.21. The Labute approximate surface area is 123 Å². The van der Waals surface area contributed by atoms with Crippen molar-refractivity contribution >= 4 is 0 Å². The Bertz CT molecular complexity index is 701. The van der Waals surface area contributed by atoms with Crippen molar-refractivity contribution < 1.29 is 0 Å². The summed E-state index contributed by atoms with van der Waals surface area (Å²) in [5, 5.41) is 7.54. The molecule has 1 atom stereocenters. The molecule has 0 bridgehead atoms. The number of hydrogen-bond donors (Lipinski definition) is 1. The van der Waals surface area contributed by atoms with Gasteiger partial charge in [0.2, 0.25) is 0 Å². The first-order valence-electron chi connectivity index (χ1n) is 6.88. The van der Waals surface area contributed by atoms with E-state index in [1.807, 2.05) is 17.8 Å². The van der Waals surface area contributed by atoms with E-state index in [4.69, 9.17) is 0 Å². The molecule has 0 aliphatic rings. The van der Waals surface area contributed by atoms with Gasteiger partial charge in [-0.25, -0.2) is 9.97 Å². The highest BCUT2D eigenvalue weighted by Crippen LogP contribution is 2.17. The lowest BCUT2D eigenvalue weighted by molar-refractivity contribution is 0.540. The molecule has 0 amide bonds. The molecule has 6 nitrogen and oxygen atoms in total. The number of nitrogens with one attached hydrogen (secondary N) is 1. The molecule has 0 saturated heterocycles. The Morgan fingerprint density at radius 1 is 1.33 bits per heavy atom. The van der Waals surface area contributed by atoms with Gasteiger partial charge in [-0.2, -0.15) is 5.10 Å². The number of hydrogen-bond acceptors (Lipinski definition) is 4. The van der Waals surface area contributed by atoms with Crippen LogP contribution in [-0.4, -0.2) is 24.3 Å². The second-order valence-electron chi connectivity index (χ2n) is 4.97. The Balaban J connectivity index is 1.71. The zero-order valence-electron chi connectivity index (χ0n) is 12.1. The van der Waals surface area contributed by atoms with Gasteiger partial charge in [-0.3, -0.25) is 4.68 Å². The summed E-state index contributed by atoms with van der Waals surface area (Å²) in [5.74, 6) is 0.924. The van der Waals surface area contributed by atoms with Crippen LogP contribution in [0.4, 0.5) is 0 Å². The van der Waals surface area contributed by atoms with E-state index in [1.54, 1.807) is 23.5 Å². The summed E-state index contributed by atoms with van der Waals surface area (Å²) in [6.45, 7) is 2.83. The molecule has 0 saturated carbocycles. The Kier molecular flexibility index (Phi) is 3.79. The van der Waals surface area contributed by atoms with Crippen LogP contribution in [0, 0.1) is 0 Å². The molecule has 21 heavy (non-hydrogen) atoms. The molecule has 2 aromatic heterocycles. The molecule has 0 radical (unpaired) electrons. The van der Waals surface area contributed by atoms with Crippen molar-refractivity contribution in [3.8, 4) is 5.69 Å². The van der Waals surface area contributed by atoms with Crippen LogP contribution in [0.3, 0.4) is 0 Å². The molecule has 3 rings (SSSR count). The van der Waals surface area contributed by atoms with Gasteiger partial charge >= 0.3 is 0 Å². The fraction of sp³-hybridized carbons (Fsp3) is 0.267. The van der Waals surface area contributed by atoms with E-state index < -0.39 is 0 Å². The molecule has 0 aliphatic carbocycles. The molecule has 0 aliphatic heterocycles. The summed E-state index contributed by atoms with van der Waals surface area (Å²) in [6, 6.07) is 8.64. The third-order valence-corrected chi connectivity index (χ3v) is 3.54. The lowest BCUT2D eigenvalue weighted by Gasteiger charge is -2.15. The van der Waals surface area contributed by atoms with Crippen molar-refractivity contribution in [2.45, 2.75) is 19.5 Å². The van der Waals surface area contributed by atoms with Gasteiger partial charge in [0.1, 0.15) is 12.2 Å². The molecular weight excluding hydrogens is 264 g/mol. The predicted molar refractivity (Wildman–Crippen MR) is 79.8 cm³/mol.